The van der Waals surface area contributed by atoms with Gasteiger partial charge in [-0.15, -0.1) is 0 Å². The van der Waals surface area contributed by atoms with E-state index in [1.165, 1.54) is 0 Å². The number of aromatic nitrogens is 4. The maximum Gasteiger partial charge on any atom is 0.223 e. The number of para-hydroxylation sites is 2. The standard InChI is InChI=1S/C13H11N7/c14-6-5-11-17-8-3-1-2-4-9(8)20(11)12-7-10(15)18-13(16)19-12/h1-4,7H,5H2,(H4,15,16,18,19). The van der Waals surface area contributed by atoms with Crippen LogP contribution in [0.3, 0.4) is 0 Å². The first kappa shape index (κ1) is 11.9. The molecule has 0 aliphatic heterocycles. The largest absolute Gasteiger partial charge is 0.383 e. The molecule has 0 saturated carbocycles. The van der Waals surface area contributed by atoms with Crippen LogP contribution in [-0.4, -0.2) is 19.5 Å². The van der Waals surface area contributed by atoms with Gasteiger partial charge in [0, 0.05) is 6.07 Å². The molecule has 1 aromatic carbocycles. The van der Waals surface area contributed by atoms with Crippen molar-refractivity contribution in [2.45, 2.75) is 6.42 Å². The van der Waals surface area contributed by atoms with E-state index < -0.39 is 0 Å². The molecule has 3 rings (SSSR count). The Morgan fingerprint density at radius 2 is 1.95 bits per heavy atom. The third-order valence-electron chi connectivity index (χ3n) is 2.85. The summed E-state index contributed by atoms with van der Waals surface area (Å²) < 4.78 is 1.77. The maximum atomic E-state index is 8.94. The Bertz CT molecular complexity index is 808. The molecule has 7 heteroatoms. The van der Waals surface area contributed by atoms with Crippen molar-refractivity contribution in [1.29, 1.82) is 5.26 Å². The number of anilines is 2. The highest BCUT2D eigenvalue weighted by atomic mass is 15.2. The number of rotatable bonds is 2. The van der Waals surface area contributed by atoms with Gasteiger partial charge >= 0.3 is 0 Å². The van der Waals surface area contributed by atoms with Crippen LogP contribution in [-0.2, 0) is 6.42 Å². The lowest BCUT2D eigenvalue weighted by Gasteiger charge is -2.07. The summed E-state index contributed by atoms with van der Waals surface area (Å²) in [5.41, 5.74) is 13.0. The van der Waals surface area contributed by atoms with E-state index in [1.807, 2.05) is 24.3 Å². The van der Waals surface area contributed by atoms with E-state index in [-0.39, 0.29) is 18.2 Å². The van der Waals surface area contributed by atoms with Gasteiger partial charge in [-0.1, -0.05) is 12.1 Å². The fraction of sp³-hybridized carbons (Fsp3) is 0.0769. The minimum absolute atomic E-state index is 0.0840. The highest BCUT2D eigenvalue weighted by Crippen LogP contribution is 2.21. The molecule has 7 nitrogen and oxygen atoms in total. The fourth-order valence-electron chi connectivity index (χ4n) is 2.11. The lowest BCUT2D eigenvalue weighted by Crippen LogP contribution is -2.07. The summed E-state index contributed by atoms with van der Waals surface area (Å²) >= 11 is 0. The molecule has 0 unspecified atom stereocenters. The Morgan fingerprint density at radius 1 is 1.15 bits per heavy atom. The van der Waals surface area contributed by atoms with E-state index in [2.05, 4.69) is 21.0 Å². The summed E-state index contributed by atoms with van der Waals surface area (Å²) in [5.74, 6) is 1.45. The number of nitrogens with zero attached hydrogens (tertiary/aromatic N) is 5. The lowest BCUT2D eigenvalue weighted by molar-refractivity contribution is 0.917. The fourth-order valence-corrected chi connectivity index (χ4v) is 2.11. The zero-order valence-electron chi connectivity index (χ0n) is 10.5. The number of fused-ring (bicyclic) bond motifs is 1. The van der Waals surface area contributed by atoms with Crippen LogP contribution in [0, 0.1) is 11.3 Å². The highest BCUT2D eigenvalue weighted by molar-refractivity contribution is 5.78. The van der Waals surface area contributed by atoms with Gasteiger partial charge in [-0.2, -0.15) is 15.2 Å². The zero-order valence-corrected chi connectivity index (χ0v) is 10.5. The van der Waals surface area contributed by atoms with Crippen molar-refractivity contribution >= 4 is 22.8 Å². The molecule has 0 amide bonds. The molecule has 0 aliphatic rings. The predicted octanol–water partition coefficient (Wildman–Crippen LogP) is 1.05. The molecule has 0 saturated heterocycles. The second-order valence-electron chi connectivity index (χ2n) is 4.20. The molecule has 0 fully saturated rings. The van der Waals surface area contributed by atoms with E-state index in [0.29, 0.717) is 11.6 Å². The molecule has 0 bridgehead atoms. The maximum absolute atomic E-state index is 8.94. The van der Waals surface area contributed by atoms with Crippen molar-refractivity contribution in [3.63, 3.8) is 0 Å². The number of benzene rings is 1. The Kier molecular flexibility index (Phi) is 2.69. The number of imidazole rings is 1. The van der Waals surface area contributed by atoms with Gasteiger partial charge < -0.3 is 11.5 Å². The summed E-state index contributed by atoms with van der Waals surface area (Å²) in [6, 6.07) is 11.3. The van der Waals surface area contributed by atoms with Gasteiger partial charge in [-0.05, 0) is 12.1 Å². The molecule has 0 aliphatic carbocycles. The van der Waals surface area contributed by atoms with Crippen LogP contribution in [0.5, 0.6) is 0 Å². The first-order valence-electron chi connectivity index (χ1n) is 5.93. The predicted molar refractivity (Wildman–Crippen MR) is 74.8 cm³/mol. The summed E-state index contributed by atoms with van der Waals surface area (Å²) in [5, 5.41) is 8.94. The number of hydrogen-bond donors (Lipinski definition) is 2. The van der Waals surface area contributed by atoms with Crippen molar-refractivity contribution in [3.8, 4) is 11.9 Å². The average molecular weight is 265 g/mol. The van der Waals surface area contributed by atoms with Crippen molar-refractivity contribution in [2.75, 3.05) is 11.5 Å². The molecule has 4 N–H and O–H groups in total. The molecule has 2 heterocycles. The summed E-state index contributed by atoms with van der Waals surface area (Å²) in [4.78, 5) is 12.5. The minimum atomic E-state index is 0.0840. The molecule has 3 aromatic rings. The first-order valence-corrected chi connectivity index (χ1v) is 5.93. The Hall–Kier alpha value is -3.14. The summed E-state index contributed by atoms with van der Waals surface area (Å²) in [6.07, 6.45) is 0.165. The molecular formula is C13H11N7. The third kappa shape index (κ3) is 1.89. The molecule has 0 spiro atoms. The van der Waals surface area contributed by atoms with Gasteiger partial charge in [-0.25, -0.2) is 4.98 Å². The minimum Gasteiger partial charge on any atom is -0.383 e. The van der Waals surface area contributed by atoms with Crippen LogP contribution < -0.4 is 11.5 Å². The van der Waals surface area contributed by atoms with Gasteiger partial charge in [0.1, 0.15) is 17.5 Å². The van der Waals surface area contributed by atoms with Crippen molar-refractivity contribution in [2.24, 2.45) is 0 Å². The van der Waals surface area contributed by atoms with E-state index in [0.717, 1.165) is 11.0 Å². The zero-order chi connectivity index (χ0) is 14.1. The Labute approximate surface area is 114 Å². The number of nitrogens with two attached hydrogens (primary N) is 2. The molecule has 20 heavy (non-hydrogen) atoms. The van der Waals surface area contributed by atoms with E-state index in [9.17, 15) is 0 Å². The smallest absolute Gasteiger partial charge is 0.223 e. The van der Waals surface area contributed by atoms with Crippen LogP contribution in [0.25, 0.3) is 16.9 Å². The quantitative estimate of drug-likeness (QED) is 0.714. The monoisotopic (exact) mass is 265 g/mol. The summed E-state index contributed by atoms with van der Waals surface area (Å²) in [6.45, 7) is 0. The van der Waals surface area contributed by atoms with Crippen molar-refractivity contribution in [1.82, 2.24) is 19.5 Å². The van der Waals surface area contributed by atoms with Gasteiger partial charge in [0.25, 0.3) is 0 Å². The number of nitrogen functional groups attached to an aromatic ring is 2. The Balaban J connectivity index is 2.33. The van der Waals surface area contributed by atoms with Crippen LogP contribution in [0.4, 0.5) is 11.8 Å². The Morgan fingerprint density at radius 3 is 2.70 bits per heavy atom. The van der Waals surface area contributed by atoms with Gasteiger partial charge in [0.15, 0.2) is 0 Å². The van der Waals surface area contributed by atoms with E-state index >= 15 is 0 Å². The van der Waals surface area contributed by atoms with Crippen molar-refractivity contribution in [3.05, 3.63) is 36.2 Å². The van der Waals surface area contributed by atoms with Crippen LogP contribution in [0.1, 0.15) is 5.82 Å². The molecular weight excluding hydrogens is 254 g/mol. The molecule has 98 valence electrons. The molecule has 0 atom stereocenters. The van der Waals surface area contributed by atoms with Crippen LogP contribution >= 0.6 is 0 Å². The second kappa shape index (κ2) is 4.51. The molecule has 2 aromatic heterocycles. The number of hydrogen-bond acceptors (Lipinski definition) is 6. The highest BCUT2D eigenvalue weighted by Gasteiger charge is 2.13. The number of nitriles is 1. The molecule has 0 radical (unpaired) electrons. The van der Waals surface area contributed by atoms with Crippen molar-refractivity contribution < 1.29 is 0 Å². The SMILES string of the molecule is N#CCc1nc2ccccc2n1-c1cc(N)nc(N)n1. The van der Waals surface area contributed by atoms with Crippen LogP contribution in [0.2, 0.25) is 0 Å². The van der Waals surface area contributed by atoms with Gasteiger partial charge in [-0.3, -0.25) is 4.57 Å². The summed E-state index contributed by atoms with van der Waals surface area (Å²) in [7, 11) is 0. The van der Waals surface area contributed by atoms with Gasteiger partial charge in [0.2, 0.25) is 5.95 Å². The van der Waals surface area contributed by atoms with E-state index in [1.54, 1.807) is 10.6 Å². The van der Waals surface area contributed by atoms with Gasteiger partial charge in [0.05, 0.1) is 23.5 Å². The normalized spacial score (nSPS) is 10.6. The van der Waals surface area contributed by atoms with Crippen LogP contribution in [0.15, 0.2) is 30.3 Å². The topological polar surface area (TPSA) is 119 Å². The first-order chi connectivity index (χ1) is 9.69. The third-order valence-corrected chi connectivity index (χ3v) is 2.85. The second-order valence-corrected chi connectivity index (χ2v) is 4.20. The lowest BCUT2D eigenvalue weighted by atomic mass is 10.3. The average Bonchev–Trinajstić information content (AvgIpc) is 2.76. The van der Waals surface area contributed by atoms with E-state index in [4.69, 9.17) is 16.7 Å².